The number of alkyl halides is 1. The van der Waals surface area contributed by atoms with E-state index >= 15 is 0 Å². The highest BCUT2D eigenvalue weighted by molar-refractivity contribution is 6.00. The van der Waals surface area contributed by atoms with Gasteiger partial charge in [-0.05, 0) is 47.6 Å². The number of amides is 1. The summed E-state index contributed by atoms with van der Waals surface area (Å²) >= 11 is 0. The molecule has 27 heavy (non-hydrogen) atoms. The van der Waals surface area contributed by atoms with Crippen LogP contribution in [0.15, 0.2) is 36.8 Å². The van der Waals surface area contributed by atoms with Gasteiger partial charge in [-0.2, -0.15) is 0 Å². The van der Waals surface area contributed by atoms with Gasteiger partial charge in [0.15, 0.2) is 0 Å². The predicted octanol–water partition coefficient (Wildman–Crippen LogP) is 3.32. The molecule has 1 saturated carbocycles. The summed E-state index contributed by atoms with van der Waals surface area (Å²) in [4.78, 5) is 20.4. The third-order valence-corrected chi connectivity index (χ3v) is 4.92. The average molecular weight is 365 g/mol. The first-order chi connectivity index (χ1) is 13.0. The fourth-order valence-electron chi connectivity index (χ4n) is 3.31. The van der Waals surface area contributed by atoms with Crippen LogP contribution in [0.1, 0.15) is 18.9 Å². The summed E-state index contributed by atoms with van der Waals surface area (Å²) in [5, 5.41) is 4.28. The lowest BCUT2D eigenvalue weighted by Crippen LogP contribution is -2.15. The van der Waals surface area contributed by atoms with Crippen molar-refractivity contribution in [3.8, 4) is 11.1 Å². The number of benzene rings is 1. The molecule has 1 fully saturated rings. The molecule has 6 nitrogen and oxygen atoms in total. The number of carbonyl (C=O) groups excluding carboxylic acids is 1. The molecule has 7 heteroatoms. The van der Waals surface area contributed by atoms with Crippen LogP contribution in [-0.4, -0.2) is 22.0 Å². The van der Waals surface area contributed by atoms with Gasteiger partial charge in [-0.1, -0.05) is 6.92 Å². The van der Waals surface area contributed by atoms with E-state index in [2.05, 4.69) is 15.3 Å². The maximum absolute atomic E-state index is 13.1. The van der Waals surface area contributed by atoms with E-state index in [9.17, 15) is 9.18 Å². The first-order valence-electron chi connectivity index (χ1n) is 8.85. The molecule has 138 valence electrons. The zero-order chi connectivity index (χ0) is 19.1. The zero-order valence-corrected chi connectivity index (χ0v) is 14.9. The molecule has 2 aromatic heterocycles. The molecule has 1 aliphatic rings. The molecular weight excluding hydrogens is 345 g/mol. The van der Waals surface area contributed by atoms with E-state index in [-0.39, 0.29) is 12.3 Å². The Hall–Kier alpha value is -3.22. The quantitative estimate of drug-likeness (QED) is 0.615. The number of nitrogens with zero attached hydrogens (tertiary/aromatic N) is 2. The van der Waals surface area contributed by atoms with Crippen LogP contribution in [0.3, 0.4) is 0 Å². The normalized spacial score (nSPS) is 18.4. The topological polar surface area (TPSA) is 107 Å². The van der Waals surface area contributed by atoms with E-state index in [1.165, 1.54) is 0 Å². The second-order valence-corrected chi connectivity index (χ2v) is 6.81. The fourth-order valence-corrected chi connectivity index (χ4v) is 3.31. The zero-order valence-electron chi connectivity index (χ0n) is 14.9. The Morgan fingerprint density at radius 3 is 2.70 bits per heavy atom. The van der Waals surface area contributed by atoms with Crippen molar-refractivity contribution < 1.29 is 9.18 Å². The summed E-state index contributed by atoms with van der Waals surface area (Å²) in [5.74, 6) is -0.527. The summed E-state index contributed by atoms with van der Waals surface area (Å²) < 4.78 is 13.1. The van der Waals surface area contributed by atoms with Crippen molar-refractivity contribution in [2.75, 3.05) is 16.8 Å². The average Bonchev–Trinajstić information content (AvgIpc) is 3.38. The van der Waals surface area contributed by atoms with Crippen LogP contribution in [0.2, 0.25) is 0 Å². The van der Waals surface area contributed by atoms with Crippen molar-refractivity contribution in [2.45, 2.75) is 25.9 Å². The van der Waals surface area contributed by atoms with E-state index in [0.29, 0.717) is 17.2 Å². The first-order valence-corrected chi connectivity index (χ1v) is 8.85. The van der Waals surface area contributed by atoms with Crippen molar-refractivity contribution in [3.05, 3.63) is 42.4 Å². The number of rotatable bonds is 4. The molecule has 0 saturated heterocycles. The number of pyridine rings is 2. The lowest BCUT2D eigenvalue weighted by molar-refractivity contribution is -0.117. The van der Waals surface area contributed by atoms with E-state index in [1.54, 1.807) is 24.7 Å². The minimum atomic E-state index is -1.05. The lowest BCUT2D eigenvalue weighted by Gasteiger charge is -2.13. The van der Waals surface area contributed by atoms with Crippen LogP contribution >= 0.6 is 0 Å². The molecule has 0 bridgehead atoms. The highest BCUT2D eigenvalue weighted by Gasteiger charge is 2.43. The van der Waals surface area contributed by atoms with Crippen LogP contribution in [0.4, 0.5) is 21.6 Å². The predicted molar refractivity (Wildman–Crippen MR) is 105 cm³/mol. The molecule has 4 rings (SSSR count). The molecule has 2 heterocycles. The Morgan fingerprint density at radius 2 is 2.00 bits per heavy atom. The number of nitrogens with one attached hydrogen (secondary N) is 1. The highest BCUT2D eigenvalue weighted by atomic mass is 19.1. The van der Waals surface area contributed by atoms with Crippen molar-refractivity contribution in [3.63, 3.8) is 0 Å². The Kier molecular flexibility index (Phi) is 4.14. The molecule has 1 aliphatic carbocycles. The van der Waals surface area contributed by atoms with Gasteiger partial charge in [0.1, 0.15) is 12.0 Å². The summed E-state index contributed by atoms with van der Waals surface area (Å²) in [5.41, 5.74) is 16.3. The van der Waals surface area contributed by atoms with E-state index in [4.69, 9.17) is 11.5 Å². The second kappa shape index (κ2) is 6.50. The first kappa shape index (κ1) is 17.2. The maximum Gasteiger partial charge on any atom is 0.231 e. The van der Waals surface area contributed by atoms with Crippen LogP contribution in [0, 0.1) is 5.92 Å². The SMILES string of the molecule is CCc1c(N)cncc1-c1cc(N)c2cnc(NC(=O)C3CC3F)cc2c1. The van der Waals surface area contributed by atoms with Crippen molar-refractivity contribution in [1.29, 1.82) is 0 Å². The number of hydrogen-bond acceptors (Lipinski definition) is 5. The number of hydrogen-bond donors (Lipinski definition) is 3. The van der Waals surface area contributed by atoms with Crippen LogP contribution < -0.4 is 16.8 Å². The summed E-state index contributed by atoms with van der Waals surface area (Å²) in [6.45, 7) is 2.03. The minimum absolute atomic E-state index is 0.277. The van der Waals surface area contributed by atoms with Gasteiger partial charge in [-0.15, -0.1) is 0 Å². The van der Waals surface area contributed by atoms with Crippen LogP contribution in [-0.2, 0) is 11.2 Å². The van der Waals surface area contributed by atoms with Crippen molar-refractivity contribution in [2.24, 2.45) is 5.92 Å². The van der Waals surface area contributed by atoms with Gasteiger partial charge >= 0.3 is 0 Å². The number of nitrogens with two attached hydrogens (primary N) is 2. The number of halogens is 1. The fraction of sp³-hybridized carbons (Fsp3) is 0.250. The van der Waals surface area contributed by atoms with E-state index in [0.717, 1.165) is 33.9 Å². The summed E-state index contributed by atoms with van der Waals surface area (Å²) in [6.07, 6.45) is 5.02. The smallest absolute Gasteiger partial charge is 0.231 e. The summed E-state index contributed by atoms with van der Waals surface area (Å²) in [7, 11) is 0. The standard InChI is InChI=1S/C20H20FN5O/c1-2-12-14(7-24-9-18(12)23)10-3-11-5-19(25-8-15(11)17(22)4-10)26-20(27)13-6-16(13)21/h3-5,7-9,13,16H,2,6,22-23H2,1H3,(H,25,26,27). The summed E-state index contributed by atoms with van der Waals surface area (Å²) in [6, 6.07) is 5.58. The number of fused-ring (bicyclic) bond motifs is 1. The van der Waals surface area contributed by atoms with Gasteiger partial charge in [-0.3, -0.25) is 9.78 Å². The number of aromatic nitrogens is 2. The molecule has 3 aromatic rings. The number of nitrogen functional groups attached to an aromatic ring is 2. The third kappa shape index (κ3) is 3.16. The van der Waals surface area contributed by atoms with Gasteiger partial charge < -0.3 is 16.8 Å². The molecule has 1 amide bonds. The van der Waals surface area contributed by atoms with Crippen molar-refractivity contribution >= 4 is 33.9 Å². The molecule has 1 aromatic carbocycles. The molecule has 0 aliphatic heterocycles. The van der Waals surface area contributed by atoms with E-state index in [1.807, 2.05) is 19.1 Å². The molecular formula is C20H20FN5O. The Morgan fingerprint density at radius 1 is 1.22 bits per heavy atom. The molecule has 2 atom stereocenters. The van der Waals surface area contributed by atoms with Crippen LogP contribution in [0.25, 0.3) is 21.9 Å². The lowest BCUT2D eigenvalue weighted by atomic mass is 9.96. The van der Waals surface area contributed by atoms with Gasteiger partial charge in [0.2, 0.25) is 5.91 Å². The van der Waals surface area contributed by atoms with E-state index < -0.39 is 12.1 Å². The largest absolute Gasteiger partial charge is 0.398 e. The Balaban J connectivity index is 1.75. The Bertz CT molecular complexity index is 1050. The van der Waals surface area contributed by atoms with Gasteiger partial charge in [0.25, 0.3) is 0 Å². The minimum Gasteiger partial charge on any atom is -0.398 e. The monoisotopic (exact) mass is 365 g/mol. The van der Waals surface area contributed by atoms with Crippen LogP contribution in [0.5, 0.6) is 0 Å². The maximum atomic E-state index is 13.1. The molecule has 0 radical (unpaired) electrons. The molecule has 5 N–H and O–H groups in total. The number of carbonyl (C=O) groups is 1. The molecule has 2 unspecified atom stereocenters. The highest BCUT2D eigenvalue weighted by Crippen LogP contribution is 2.36. The third-order valence-electron chi connectivity index (χ3n) is 4.92. The second-order valence-electron chi connectivity index (χ2n) is 6.81. The van der Waals surface area contributed by atoms with Crippen molar-refractivity contribution in [1.82, 2.24) is 9.97 Å². The van der Waals surface area contributed by atoms with Gasteiger partial charge in [-0.25, -0.2) is 9.37 Å². The number of anilines is 3. The van der Waals surface area contributed by atoms with Gasteiger partial charge in [0, 0.05) is 29.0 Å². The van der Waals surface area contributed by atoms with Gasteiger partial charge in [0.05, 0.1) is 17.8 Å². The Labute approximate surface area is 155 Å². The molecule has 0 spiro atoms.